The minimum absolute atomic E-state index is 0.679. The van der Waals surface area contributed by atoms with Gasteiger partial charge in [0.2, 0.25) is 0 Å². The Balaban J connectivity index is 2.86. The normalized spacial score (nSPS) is 9.58. The van der Waals surface area contributed by atoms with Gasteiger partial charge in [0.15, 0.2) is 0 Å². The van der Waals surface area contributed by atoms with Crippen molar-refractivity contribution >= 4 is 15.9 Å². The van der Waals surface area contributed by atoms with Gasteiger partial charge in [0.1, 0.15) is 11.5 Å². The van der Waals surface area contributed by atoms with Crippen LogP contribution in [0.5, 0.6) is 11.5 Å². The molecule has 0 aliphatic carbocycles. The van der Waals surface area contributed by atoms with Crippen LogP contribution in [0.4, 0.5) is 0 Å². The van der Waals surface area contributed by atoms with Crippen molar-refractivity contribution in [3.63, 3.8) is 0 Å². The van der Waals surface area contributed by atoms with Crippen molar-refractivity contribution < 1.29 is 9.47 Å². The molecule has 0 saturated heterocycles. The fourth-order valence-electron chi connectivity index (χ4n) is 0.904. The molecule has 1 aromatic rings. The lowest BCUT2D eigenvalue weighted by atomic mass is 10.3. The number of halogens is 1. The summed E-state index contributed by atoms with van der Waals surface area (Å²) in [6.45, 7) is 2.64. The first-order valence-corrected chi connectivity index (χ1v) is 4.53. The van der Waals surface area contributed by atoms with Crippen molar-refractivity contribution in [1.82, 2.24) is 0 Å². The Labute approximate surface area is 80.6 Å². The molecule has 0 aromatic heterocycles. The van der Waals surface area contributed by atoms with E-state index in [0.29, 0.717) is 6.61 Å². The molecular weight excluding hydrogens is 220 g/mol. The van der Waals surface area contributed by atoms with Gasteiger partial charge in [-0.05, 0) is 41.1 Å². The summed E-state index contributed by atoms with van der Waals surface area (Å²) in [7, 11) is 1.64. The van der Waals surface area contributed by atoms with E-state index >= 15 is 0 Å². The molecule has 12 heavy (non-hydrogen) atoms. The number of ether oxygens (including phenoxy) is 2. The smallest absolute Gasteiger partial charge is 0.133 e. The standard InChI is InChI=1S/C9H11BrO2/c1-3-12-7-4-5-9(11-2)8(10)6-7/h4-6H,3H2,1-2H3. The van der Waals surface area contributed by atoms with Crippen LogP contribution in [-0.2, 0) is 0 Å². The zero-order chi connectivity index (χ0) is 8.97. The van der Waals surface area contributed by atoms with E-state index < -0.39 is 0 Å². The lowest BCUT2D eigenvalue weighted by Gasteiger charge is -2.06. The topological polar surface area (TPSA) is 18.5 Å². The molecule has 0 amide bonds. The van der Waals surface area contributed by atoms with Gasteiger partial charge < -0.3 is 9.47 Å². The van der Waals surface area contributed by atoms with Crippen LogP contribution in [0.1, 0.15) is 6.92 Å². The highest BCUT2D eigenvalue weighted by molar-refractivity contribution is 9.10. The van der Waals surface area contributed by atoms with Crippen molar-refractivity contribution in [2.24, 2.45) is 0 Å². The van der Waals surface area contributed by atoms with Crippen molar-refractivity contribution in [3.05, 3.63) is 22.7 Å². The average Bonchev–Trinajstić information content (AvgIpc) is 2.05. The number of rotatable bonds is 3. The second-order valence-electron chi connectivity index (χ2n) is 2.23. The van der Waals surface area contributed by atoms with E-state index in [-0.39, 0.29) is 0 Å². The summed E-state index contributed by atoms with van der Waals surface area (Å²) in [6.07, 6.45) is 0. The highest BCUT2D eigenvalue weighted by atomic mass is 79.9. The van der Waals surface area contributed by atoms with Crippen LogP contribution in [0.25, 0.3) is 0 Å². The molecule has 1 rings (SSSR count). The quantitative estimate of drug-likeness (QED) is 0.796. The van der Waals surface area contributed by atoms with E-state index in [9.17, 15) is 0 Å². The predicted molar refractivity (Wildman–Crippen MR) is 51.9 cm³/mol. The van der Waals surface area contributed by atoms with Gasteiger partial charge in [-0.2, -0.15) is 0 Å². The van der Waals surface area contributed by atoms with Crippen molar-refractivity contribution in [2.75, 3.05) is 13.7 Å². The predicted octanol–water partition coefficient (Wildman–Crippen LogP) is 2.86. The van der Waals surface area contributed by atoms with E-state index in [2.05, 4.69) is 15.9 Å². The average molecular weight is 231 g/mol. The number of hydrogen-bond acceptors (Lipinski definition) is 2. The van der Waals surface area contributed by atoms with Crippen LogP contribution in [0.15, 0.2) is 22.7 Å². The molecule has 1 aromatic carbocycles. The Morgan fingerprint density at radius 3 is 2.67 bits per heavy atom. The summed E-state index contributed by atoms with van der Waals surface area (Å²) in [5.41, 5.74) is 0. The van der Waals surface area contributed by atoms with Crippen LogP contribution in [0.3, 0.4) is 0 Å². The number of methoxy groups -OCH3 is 1. The third kappa shape index (κ3) is 2.14. The Morgan fingerprint density at radius 2 is 2.17 bits per heavy atom. The maximum atomic E-state index is 5.30. The zero-order valence-electron chi connectivity index (χ0n) is 7.13. The van der Waals surface area contributed by atoms with Crippen molar-refractivity contribution in [1.29, 1.82) is 0 Å². The Morgan fingerprint density at radius 1 is 1.42 bits per heavy atom. The largest absolute Gasteiger partial charge is 0.496 e. The van der Waals surface area contributed by atoms with E-state index in [0.717, 1.165) is 16.0 Å². The molecule has 0 aliphatic heterocycles. The van der Waals surface area contributed by atoms with Gasteiger partial charge >= 0.3 is 0 Å². The highest BCUT2D eigenvalue weighted by Crippen LogP contribution is 2.28. The molecule has 0 bridgehead atoms. The fraction of sp³-hybridized carbons (Fsp3) is 0.333. The van der Waals surface area contributed by atoms with Crippen molar-refractivity contribution in [3.8, 4) is 11.5 Å². The summed E-state index contributed by atoms with van der Waals surface area (Å²) < 4.78 is 11.3. The van der Waals surface area contributed by atoms with Gasteiger partial charge in [-0.1, -0.05) is 0 Å². The molecule has 3 heteroatoms. The zero-order valence-corrected chi connectivity index (χ0v) is 8.72. The van der Waals surface area contributed by atoms with E-state index in [1.54, 1.807) is 7.11 Å². The van der Waals surface area contributed by atoms with Crippen LogP contribution in [0.2, 0.25) is 0 Å². The lowest BCUT2D eigenvalue weighted by Crippen LogP contribution is -1.91. The van der Waals surface area contributed by atoms with Crippen molar-refractivity contribution in [2.45, 2.75) is 6.92 Å². The highest BCUT2D eigenvalue weighted by Gasteiger charge is 2.00. The molecule has 0 atom stereocenters. The first-order chi connectivity index (χ1) is 5.77. The summed E-state index contributed by atoms with van der Waals surface area (Å²) in [5, 5.41) is 0. The van der Waals surface area contributed by atoms with E-state index in [4.69, 9.17) is 9.47 Å². The maximum absolute atomic E-state index is 5.30. The molecule has 66 valence electrons. The molecule has 0 unspecified atom stereocenters. The van der Waals surface area contributed by atoms with Gasteiger partial charge in [-0.15, -0.1) is 0 Å². The van der Waals surface area contributed by atoms with Gasteiger partial charge in [0, 0.05) is 0 Å². The summed E-state index contributed by atoms with van der Waals surface area (Å²) >= 11 is 3.37. The summed E-state index contributed by atoms with van der Waals surface area (Å²) in [6, 6.07) is 5.64. The van der Waals surface area contributed by atoms with Gasteiger partial charge in [-0.3, -0.25) is 0 Å². The Hall–Kier alpha value is -0.700. The maximum Gasteiger partial charge on any atom is 0.133 e. The molecule has 0 heterocycles. The second-order valence-corrected chi connectivity index (χ2v) is 3.08. The van der Waals surface area contributed by atoms with Crippen LogP contribution < -0.4 is 9.47 Å². The Bertz CT molecular complexity index is 261. The minimum Gasteiger partial charge on any atom is -0.496 e. The molecule has 0 fully saturated rings. The third-order valence-corrected chi connectivity index (χ3v) is 2.05. The Kier molecular flexibility index (Phi) is 3.41. The third-order valence-electron chi connectivity index (χ3n) is 1.43. The molecule has 0 spiro atoms. The van der Waals surface area contributed by atoms with Crippen LogP contribution >= 0.6 is 15.9 Å². The number of hydrogen-bond donors (Lipinski definition) is 0. The fourth-order valence-corrected chi connectivity index (χ4v) is 1.42. The summed E-state index contributed by atoms with van der Waals surface area (Å²) in [5.74, 6) is 1.67. The van der Waals surface area contributed by atoms with Crippen LogP contribution in [-0.4, -0.2) is 13.7 Å². The molecule has 0 aliphatic rings. The van der Waals surface area contributed by atoms with Gasteiger partial charge in [-0.25, -0.2) is 0 Å². The first-order valence-electron chi connectivity index (χ1n) is 3.74. The molecule has 2 nitrogen and oxygen atoms in total. The SMILES string of the molecule is CCOc1ccc(OC)c(Br)c1. The molecular formula is C9H11BrO2. The second kappa shape index (κ2) is 4.36. The first kappa shape index (κ1) is 9.39. The number of benzene rings is 1. The van der Waals surface area contributed by atoms with Crippen LogP contribution in [0, 0.1) is 0 Å². The van der Waals surface area contributed by atoms with Gasteiger partial charge in [0.25, 0.3) is 0 Å². The molecule has 0 saturated carbocycles. The lowest BCUT2D eigenvalue weighted by molar-refractivity contribution is 0.338. The molecule has 0 radical (unpaired) electrons. The minimum atomic E-state index is 0.679. The van der Waals surface area contributed by atoms with Gasteiger partial charge in [0.05, 0.1) is 18.2 Å². The van der Waals surface area contributed by atoms with E-state index in [1.807, 2.05) is 25.1 Å². The molecule has 0 N–H and O–H groups in total. The summed E-state index contributed by atoms with van der Waals surface area (Å²) in [4.78, 5) is 0. The monoisotopic (exact) mass is 230 g/mol. The van der Waals surface area contributed by atoms with E-state index in [1.165, 1.54) is 0 Å².